The molecule has 2 aromatic rings. The minimum atomic E-state index is -0.249. The zero-order valence-electron chi connectivity index (χ0n) is 28.2. The van der Waals surface area contributed by atoms with Gasteiger partial charge in [0.05, 0.1) is 23.5 Å². The molecule has 0 spiro atoms. The van der Waals surface area contributed by atoms with E-state index in [1.165, 1.54) is 0 Å². The maximum absolute atomic E-state index is 12.4. The third kappa shape index (κ3) is 12.2. The van der Waals surface area contributed by atoms with Crippen LogP contribution in [0, 0.1) is 5.92 Å². The molecule has 1 unspecified atom stereocenters. The number of urea groups is 2. The number of rotatable bonds is 19. The number of phenolic OH excluding ortho intramolecular Hbond substituents is 1. The highest BCUT2D eigenvalue weighted by molar-refractivity contribution is 8.00. The summed E-state index contributed by atoms with van der Waals surface area (Å²) in [6, 6.07) is 7.28. The predicted molar refractivity (Wildman–Crippen MR) is 186 cm³/mol. The molecule has 3 heterocycles. The van der Waals surface area contributed by atoms with E-state index in [-0.39, 0.29) is 53.5 Å². The van der Waals surface area contributed by atoms with Gasteiger partial charge in [-0.15, -0.1) is 5.10 Å². The highest BCUT2D eigenvalue weighted by atomic mass is 32.2. The van der Waals surface area contributed by atoms with Gasteiger partial charge >= 0.3 is 12.1 Å². The molecule has 2 saturated heterocycles. The standard InChI is InChI=1S/C33H51N9O5S/c1-22(16-27(44)13-15-34-30(45)7-5-4-6-29-31-28(21-48-29)37-33(47)38-31)19-42-20-24(39-40-42)12-14-35-32(46)36-18-25(41(2)3)17-23-8-10-26(43)11-9-23/h8-11,16,20,22,25,28-29,31,43-44H,4-7,12-15,17-19,21H2,1-3H3,(H,34,45)(H2,35,36,46)(H2,37,38,47)/b27-16-/t22?,25-,28-,29+,31-/m0/s1. The third-order valence-corrected chi connectivity index (χ3v) is 10.1. The summed E-state index contributed by atoms with van der Waals surface area (Å²) in [6.07, 6.45) is 8.39. The average molecular weight is 686 g/mol. The van der Waals surface area contributed by atoms with Gasteiger partial charge in [-0.25, -0.2) is 9.59 Å². The van der Waals surface area contributed by atoms with Crippen LogP contribution in [0.25, 0.3) is 0 Å². The lowest BCUT2D eigenvalue weighted by atomic mass is 10.0. The molecule has 5 atom stereocenters. The van der Waals surface area contributed by atoms with Crippen molar-refractivity contribution in [3.63, 3.8) is 0 Å². The summed E-state index contributed by atoms with van der Waals surface area (Å²) < 4.78 is 1.72. The molecule has 0 saturated carbocycles. The molecule has 264 valence electrons. The number of aromatic nitrogens is 3. The van der Waals surface area contributed by atoms with Crippen LogP contribution < -0.4 is 26.6 Å². The first kappa shape index (κ1) is 36.8. The largest absolute Gasteiger partial charge is 0.513 e. The second kappa shape index (κ2) is 18.5. The van der Waals surface area contributed by atoms with Crippen molar-refractivity contribution in [2.45, 2.75) is 81.8 Å². The number of aromatic hydroxyl groups is 1. The Kier molecular flexibility index (Phi) is 14.2. The Labute approximate surface area is 286 Å². The molecule has 1 aromatic heterocycles. The van der Waals surface area contributed by atoms with Crippen LogP contribution in [0.5, 0.6) is 5.75 Å². The molecule has 1 aromatic carbocycles. The zero-order valence-corrected chi connectivity index (χ0v) is 29.0. The minimum absolute atomic E-state index is 0.00159. The molecule has 2 aliphatic rings. The van der Waals surface area contributed by atoms with E-state index < -0.39 is 0 Å². The van der Waals surface area contributed by atoms with E-state index in [9.17, 15) is 24.6 Å². The molecule has 4 rings (SSSR count). The number of amides is 5. The van der Waals surface area contributed by atoms with E-state index in [1.807, 2.05) is 51.1 Å². The van der Waals surface area contributed by atoms with Gasteiger partial charge in [-0.3, -0.25) is 9.48 Å². The summed E-state index contributed by atoms with van der Waals surface area (Å²) in [7, 11) is 3.94. The quantitative estimate of drug-likeness (QED) is 0.0662. The Bertz CT molecular complexity index is 1370. The Balaban J connectivity index is 1.04. The second-order valence-electron chi connectivity index (χ2n) is 12.9. The smallest absolute Gasteiger partial charge is 0.315 e. The van der Waals surface area contributed by atoms with Crippen molar-refractivity contribution in [1.82, 2.24) is 46.5 Å². The molecular weight excluding hydrogens is 634 g/mol. The van der Waals surface area contributed by atoms with E-state index in [0.29, 0.717) is 50.7 Å². The maximum Gasteiger partial charge on any atom is 0.315 e. The molecular formula is C33H51N9O5S. The number of likely N-dealkylation sites (N-methyl/N-ethyl adjacent to an activating group) is 1. The molecule has 2 aliphatic heterocycles. The fraction of sp³-hybridized carbons (Fsp3) is 0.606. The molecule has 48 heavy (non-hydrogen) atoms. The Morgan fingerprint density at radius 2 is 1.92 bits per heavy atom. The van der Waals surface area contributed by atoms with Crippen LogP contribution in [0.4, 0.5) is 9.59 Å². The first-order valence-electron chi connectivity index (χ1n) is 16.8. The number of carbonyl (C=O) groups is 3. The van der Waals surface area contributed by atoms with Crippen LogP contribution in [0.3, 0.4) is 0 Å². The van der Waals surface area contributed by atoms with Gasteiger partial charge in [0, 0.05) is 68.7 Å². The van der Waals surface area contributed by atoms with Crippen LogP contribution in [0.2, 0.25) is 0 Å². The number of thioether (sulfide) groups is 1. The Hall–Kier alpha value is -3.98. The van der Waals surface area contributed by atoms with Crippen molar-refractivity contribution in [1.29, 1.82) is 0 Å². The van der Waals surface area contributed by atoms with Crippen molar-refractivity contribution in [2.75, 3.05) is 39.5 Å². The first-order chi connectivity index (χ1) is 23.0. The number of aliphatic hydroxyl groups excluding tert-OH is 1. The lowest BCUT2D eigenvalue weighted by Crippen LogP contribution is -2.45. The molecule has 0 aliphatic carbocycles. The summed E-state index contributed by atoms with van der Waals surface area (Å²) in [5, 5.41) is 43.3. The number of benzene rings is 1. The normalized spacial score (nSPS) is 20.1. The van der Waals surface area contributed by atoms with Gasteiger partial charge in [0.15, 0.2) is 0 Å². The number of unbranched alkanes of at least 4 members (excludes halogenated alkanes) is 1. The SMILES string of the molecule is CC(/C=C(\O)CCNC(=O)CCCC[C@H]1SC[C@@H]2NC(=O)N[C@@H]21)Cn1cc(CCNC(=O)NC[C@H](Cc2ccc(O)cc2)N(C)C)nn1. The minimum Gasteiger partial charge on any atom is -0.513 e. The van der Waals surface area contributed by atoms with Crippen LogP contribution >= 0.6 is 11.8 Å². The number of aliphatic hydroxyl groups is 1. The van der Waals surface area contributed by atoms with E-state index in [4.69, 9.17) is 0 Å². The van der Waals surface area contributed by atoms with Crippen molar-refractivity contribution in [2.24, 2.45) is 5.92 Å². The molecule has 15 heteroatoms. The lowest BCUT2D eigenvalue weighted by molar-refractivity contribution is -0.121. The average Bonchev–Trinajstić information content (AvgIpc) is 3.74. The molecule has 2 fully saturated rings. The number of allylic oxidation sites excluding steroid dienone is 1. The number of carbonyl (C=O) groups excluding carboxylic acids is 3. The van der Waals surface area contributed by atoms with Crippen LogP contribution in [0.15, 0.2) is 42.3 Å². The fourth-order valence-corrected chi connectivity index (χ4v) is 7.46. The predicted octanol–water partition coefficient (Wildman–Crippen LogP) is 2.31. The van der Waals surface area contributed by atoms with Crippen molar-refractivity contribution >= 4 is 29.7 Å². The molecule has 0 radical (unpaired) electrons. The molecule has 14 nitrogen and oxygen atoms in total. The van der Waals surface area contributed by atoms with Gasteiger partial charge < -0.3 is 41.7 Å². The first-order valence-corrected chi connectivity index (χ1v) is 17.8. The monoisotopic (exact) mass is 685 g/mol. The zero-order chi connectivity index (χ0) is 34.5. The number of hydrogen-bond donors (Lipinski definition) is 7. The highest BCUT2D eigenvalue weighted by Gasteiger charge is 2.42. The topological polar surface area (TPSA) is 186 Å². The van der Waals surface area contributed by atoms with E-state index in [2.05, 4.69) is 41.8 Å². The van der Waals surface area contributed by atoms with Crippen molar-refractivity contribution in [3.8, 4) is 5.75 Å². The Morgan fingerprint density at radius 3 is 2.69 bits per heavy atom. The number of nitrogens with zero attached hydrogens (tertiary/aromatic N) is 4. The highest BCUT2D eigenvalue weighted by Crippen LogP contribution is 2.33. The summed E-state index contributed by atoms with van der Waals surface area (Å²) in [5.41, 5.74) is 1.84. The number of phenols is 1. The van der Waals surface area contributed by atoms with Crippen molar-refractivity contribution in [3.05, 3.63) is 53.6 Å². The van der Waals surface area contributed by atoms with Crippen LogP contribution in [-0.4, -0.2) is 111 Å². The molecule has 5 amide bonds. The summed E-state index contributed by atoms with van der Waals surface area (Å²) in [6.45, 7) is 3.77. The van der Waals surface area contributed by atoms with Gasteiger partial charge in [-0.1, -0.05) is 30.7 Å². The number of nitrogens with one attached hydrogen (secondary N) is 5. The number of fused-ring (bicyclic) bond motifs is 1. The van der Waals surface area contributed by atoms with Gasteiger partial charge in [0.1, 0.15) is 5.75 Å². The van der Waals surface area contributed by atoms with Gasteiger partial charge in [0.2, 0.25) is 5.91 Å². The molecule has 0 bridgehead atoms. The number of hydrogen-bond acceptors (Lipinski definition) is 9. The lowest BCUT2D eigenvalue weighted by Gasteiger charge is -2.25. The fourth-order valence-electron chi connectivity index (χ4n) is 5.91. The van der Waals surface area contributed by atoms with Crippen LogP contribution in [-0.2, 0) is 24.2 Å². The van der Waals surface area contributed by atoms with Gasteiger partial charge in [0.25, 0.3) is 0 Å². The summed E-state index contributed by atoms with van der Waals surface area (Å²) >= 11 is 1.88. The molecule has 7 N–H and O–H groups in total. The summed E-state index contributed by atoms with van der Waals surface area (Å²) in [4.78, 5) is 38.2. The van der Waals surface area contributed by atoms with E-state index in [1.54, 1.807) is 22.9 Å². The summed E-state index contributed by atoms with van der Waals surface area (Å²) in [5.74, 6) is 1.37. The van der Waals surface area contributed by atoms with E-state index >= 15 is 0 Å². The second-order valence-corrected chi connectivity index (χ2v) is 14.2. The van der Waals surface area contributed by atoms with E-state index in [0.717, 1.165) is 42.7 Å². The Morgan fingerprint density at radius 1 is 1.12 bits per heavy atom. The van der Waals surface area contributed by atoms with Crippen molar-refractivity contribution < 1.29 is 24.6 Å². The maximum atomic E-state index is 12.4. The third-order valence-electron chi connectivity index (χ3n) is 8.62. The van der Waals surface area contributed by atoms with Gasteiger partial charge in [-0.05, 0) is 63.0 Å². The van der Waals surface area contributed by atoms with Gasteiger partial charge in [-0.2, -0.15) is 11.8 Å². The van der Waals surface area contributed by atoms with Crippen LogP contribution in [0.1, 0.15) is 50.3 Å².